The van der Waals surface area contributed by atoms with E-state index in [1.807, 2.05) is 0 Å². The van der Waals surface area contributed by atoms with E-state index >= 15 is 0 Å². The summed E-state index contributed by atoms with van der Waals surface area (Å²) in [5.41, 5.74) is 5.22. The number of hydrogen-bond acceptors (Lipinski definition) is 1. The first-order valence-corrected chi connectivity index (χ1v) is 1.65. The summed E-state index contributed by atoms with van der Waals surface area (Å²) in [4.78, 5) is 0. The van der Waals surface area contributed by atoms with Crippen LogP contribution in [0.3, 0.4) is 0 Å². The molecule has 0 aromatic heterocycles. The summed E-state index contributed by atoms with van der Waals surface area (Å²) in [5, 5.41) is 0. The van der Waals surface area contributed by atoms with Crippen molar-refractivity contribution in [1.29, 1.82) is 0 Å². The van der Waals surface area contributed by atoms with Gasteiger partial charge in [-0.3, -0.25) is 0 Å². The van der Waals surface area contributed by atoms with Crippen molar-refractivity contribution in [2.45, 2.75) is 12.6 Å². The van der Waals surface area contributed by atoms with E-state index in [9.17, 15) is 0 Å². The molecule has 22 valence electrons. The molecule has 2 N–H and O–H groups in total. The fourth-order valence-corrected chi connectivity index (χ4v) is 0.0962. The normalized spacial score (nSPS) is 21.8. The highest BCUT2D eigenvalue weighted by molar-refractivity contribution is 6.66. The van der Waals surface area contributed by atoms with E-state index in [-0.39, 0.29) is 0 Å². The highest BCUT2D eigenvalue weighted by Crippen LogP contribution is 2.13. The first-order chi connectivity index (χ1) is 1.89. The summed E-state index contributed by atoms with van der Waals surface area (Å²) in [6, 6.07) is 0. The SMILES string of the molecule is NB1CC1. The maximum absolute atomic E-state index is 5.22. The van der Waals surface area contributed by atoms with Crippen LogP contribution in [0.2, 0.25) is 12.6 Å². The van der Waals surface area contributed by atoms with E-state index in [2.05, 4.69) is 0 Å². The zero-order chi connectivity index (χ0) is 2.99. The van der Waals surface area contributed by atoms with Crippen LogP contribution in [0.25, 0.3) is 0 Å². The van der Waals surface area contributed by atoms with Gasteiger partial charge in [0.1, 0.15) is 0 Å². The largest absolute Gasteiger partial charge is 0.370 e. The molecule has 0 aromatic rings. The predicted octanol–water partition coefficient (Wildman–Crippen LogP) is -0.0498. The molecule has 0 atom stereocenters. The minimum Gasteiger partial charge on any atom is -0.370 e. The molecule has 1 aliphatic rings. The second kappa shape index (κ2) is 0.491. The van der Waals surface area contributed by atoms with Gasteiger partial charge in [0.2, 0.25) is 6.85 Å². The Labute approximate surface area is 26.3 Å². The van der Waals surface area contributed by atoms with E-state index in [0.717, 1.165) is 0 Å². The van der Waals surface area contributed by atoms with E-state index in [1.54, 1.807) is 0 Å². The highest BCUT2D eigenvalue weighted by atomic mass is 14.5. The summed E-state index contributed by atoms with van der Waals surface area (Å²) in [6.45, 7) is 0.583. The Kier molecular flexibility index (Phi) is 0.279. The van der Waals surface area contributed by atoms with Gasteiger partial charge in [0.25, 0.3) is 0 Å². The highest BCUT2D eigenvalue weighted by Gasteiger charge is 2.19. The Balaban J connectivity index is 2.17. The lowest BCUT2D eigenvalue weighted by Crippen LogP contribution is -2.01. The van der Waals surface area contributed by atoms with E-state index in [4.69, 9.17) is 5.64 Å². The van der Waals surface area contributed by atoms with Crippen molar-refractivity contribution in [2.24, 2.45) is 5.64 Å². The molecule has 0 bridgehead atoms. The lowest BCUT2D eigenvalue weighted by atomic mass is 9.92. The fourth-order valence-electron chi connectivity index (χ4n) is 0.0962. The monoisotopic (exact) mass is 55.1 g/mol. The molecule has 1 aliphatic heterocycles. The molecule has 4 heavy (non-hydrogen) atoms. The zero-order valence-corrected chi connectivity index (χ0v) is 2.57. The first kappa shape index (κ1) is 2.27. The van der Waals surface area contributed by atoms with Crippen molar-refractivity contribution in [3.05, 3.63) is 0 Å². The average Bonchev–Trinajstić information content (AvgIpc) is 1.75. The van der Waals surface area contributed by atoms with Crippen LogP contribution in [-0.2, 0) is 0 Å². The van der Waals surface area contributed by atoms with Gasteiger partial charge in [-0.1, -0.05) is 12.6 Å². The Hall–Kier alpha value is 0.0249. The number of nitrogens with two attached hydrogens (primary N) is 1. The van der Waals surface area contributed by atoms with Crippen molar-refractivity contribution in [3.8, 4) is 0 Å². The van der Waals surface area contributed by atoms with Crippen LogP contribution in [0.4, 0.5) is 0 Å². The van der Waals surface area contributed by atoms with Crippen LogP contribution in [0, 0.1) is 0 Å². The van der Waals surface area contributed by atoms with Gasteiger partial charge in [-0.2, -0.15) is 0 Å². The molecular formula is C2H6BN. The van der Waals surface area contributed by atoms with Crippen LogP contribution in [0.1, 0.15) is 0 Å². The minimum absolute atomic E-state index is 0.583. The third kappa shape index (κ3) is 0.232. The number of hydrogen-bond donors (Lipinski definition) is 1. The third-order valence-electron chi connectivity index (χ3n) is 0.622. The summed E-state index contributed by atoms with van der Waals surface area (Å²) < 4.78 is 0. The van der Waals surface area contributed by atoms with Crippen molar-refractivity contribution in [1.82, 2.24) is 0 Å². The van der Waals surface area contributed by atoms with Crippen LogP contribution >= 0.6 is 0 Å². The molecule has 1 saturated heterocycles. The zero-order valence-electron chi connectivity index (χ0n) is 2.57. The van der Waals surface area contributed by atoms with E-state index in [1.165, 1.54) is 12.6 Å². The molecule has 0 saturated carbocycles. The molecule has 0 radical (unpaired) electrons. The fraction of sp³-hybridized carbons (Fsp3) is 1.00. The van der Waals surface area contributed by atoms with Crippen molar-refractivity contribution in [2.75, 3.05) is 0 Å². The molecule has 0 amide bonds. The molecule has 1 heterocycles. The van der Waals surface area contributed by atoms with Gasteiger partial charge in [-0.25, -0.2) is 0 Å². The van der Waals surface area contributed by atoms with E-state index in [0.29, 0.717) is 6.85 Å². The average molecular weight is 54.9 g/mol. The molecule has 1 fully saturated rings. The van der Waals surface area contributed by atoms with Gasteiger partial charge < -0.3 is 5.64 Å². The van der Waals surface area contributed by atoms with Crippen molar-refractivity contribution in [3.63, 3.8) is 0 Å². The summed E-state index contributed by atoms with van der Waals surface area (Å²) in [7, 11) is 0. The van der Waals surface area contributed by atoms with E-state index < -0.39 is 0 Å². The van der Waals surface area contributed by atoms with Crippen LogP contribution in [-0.4, -0.2) is 6.85 Å². The van der Waals surface area contributed by atoms with Gasteiger partial charge in [-0.15, -0.1) is 0 Å². The smallest absolute Gasteiger partial charge is 0.216 e. The molecule has 0 spiro atoms. The van der Waals surface area contributed by atoms with Crippen molar-refractivity contribution < 1.29 is 0 Å². The second-order valence-corrected chi connectivity index (χ2v) is 1.34. The lowest BCUT2D eigenvalue weighted by Gasteiger charge is -1.49. The molecule has 1 nitrogen and oxygen atoms in total. The quantitative estimate of drug-likeness (QED) is 0.386. The Morgan fingerprint density at radius 1 is 1.50 bits per heavy atom. The summed E-state index contributed by atoms with van der Waals surface area (Å²) in [5.74, 6) is 0. The van der Waals surface area contributed by atoms with Gasteiger partial charge in [0.05, 0.1) is 0 Å². The summed E-state index contributed by atoms with van der Waals surface area (Å²) in [6.07, 6.45) is 2.53. The van der Waals surface area contributed by atoms with Gasteiger partial charge in [0, 0.05) is 0 Å². The first-order valence-electron chi connectivity index (χ1n) is 1.65. The Bertz CT molecular complexity index is 25.2. The summed E-state index contributed by atoms with van der Waals surface area (Å²) >= 11 is 0. The van der Waals surface area contributed by atoms with Gasteiger partial charge in [-0.05, 0) is 0 Å². The molecule has 2 heteroatoms. The standard InChI is InChI=1S/C2H6BN/c4-3-1-2-3/h1-2,4H2. The van der Waals surface area contributed by atoms with Crippen LogP contribution in [0.5, 0.6) is 0 Å². The number of rotatable bonds is 0. The lowest BCUT2D eigenvalue weighted by molar-refractivity contribution is 1.69. The van der Waals surface area contributed by atoms with Crippen LogP contribution in [0.15, 0.2) is 0 Å². The minimum atomic E-state index is 0.583. The van der Waals surface area contributed by atoms with Gasteiger partial charge >= 0.3 is 0 Å². The maximum atomic E-state index is 5.22. The maximum Gasteiger partial charge on any atom is 0.216 e. The molecular weight excluding hydrogens is 48.8 g/mol. The Morgan fingerprint density at radius 3 is 1.75 bits per heavy atom. The Morgan fingerprint density at radius 2 is 1.75 bits per heavy atom. The third-order valence-corrected chi connectivity index (χ3v) is 0.622. The topological polar surface area (TPSA) is 26.0 Å². The molecule has 0 unspecified atom stereocenters. The van der Waals surface area contributed by atoms with Gasteiger partial charge in [0.15, 0.2) is 0 Å². The van der Waals surface area contributed by atoms with Crippen LogP contribution < -0.4 is 5.64 Å². The van der Waals surface area contributed by atoms with Crippen molar-refractivity contribution >= 4 is 6.85 Å². The molecule has 0 aromatic carbocycles. The molecule has 0 aliphatic carbocycles. The second-order valence-electron chi connectivity index (χ2n) is 1.34. The predicted molar refractivity (Wildman–Crippen MR) is 19.6 cm³/mol. The molecule has 1 rings (SSSR count).